The quantitative estimate of drug-likeness (QED) is 0.791. The maximum absolute atomic E-state index is 12.4. The SMILES string of the molecule is O=C(Cn1ccc2ccccc21)NC1CCN(c2cnsn2)CC1. The summed E-state index contributed by atoms with van der Waals surface area (Å²) < 4.78 is 10.3. The van der Waals surface area contributed by atoms with E-state index in [2.05, 4.69) is 25.0 Å². The number of carbonyl (C=O) groups is 1. The van der Waals surface area contributed by atoms with Gasteiger partial charge in [-0.2, -0.15) is 8.75 Å². The molecule has 1 amide bonds. The molecule has 1 aliphatic rings. The number of hydrogen-bond donors (Lipinski definition) is 1. The lowest BCUT2D eigenvalue weighted by Crippen LogP contribution is -2.45. The van der Waals surface area contributed by atoms with Crippen molar-refractivity contribution in [3.05, 3.63) is 42.7 Å². The van der Waals surface area contributed by atoms with E-state index >= 15 is 0 Å². The van der Waals surface area contributed by atoms with Gasteiger partial charge in [0.25, 0.3) is 0 Å². The molecule has 6 nitrogen and oxygen atoms in total. The van der Waals surface area contributed by atoms with Gasteiger partial charge in [-0.3, -0.25) is 4.79 Å². The molecule has 124 valence electrons. The molecule has 0 radical (unpaired) electrons. The number of nitrogens with zero attached hydrogens (tertiary/aromatic N) is 4. The number of rotatable bonds is 4. The van der Waals surface area contributed by atoms with E-state index in [1.165, 1.54) is 11.7 Å². The van der Waals surface area contributed by atoms with Gasteiger partial charge < -0.3 is 14.8 Å². The molecule has 0 unspecified atom stereocenters. The lowest BCUT2D eigenvalue weighted by atomic mass is 10.1. The summed E-state index contributed by atoms with van der Waals surface area (Å²) in [7, 11) is 0. The third-order valence-corrected chi connectivity index (χ3v) is 5.00. The lowest BCUT2D eigenvalue weighted by molar-refractivity contribution is -0.122. The van der Waals surface area contributed by atoms with Crippen LogP contribution in [0.2, 0.25) is 0 Å². The highest BCUT2D eigenvalue weighted by Crippen LogP contribution is 2.18. The number of anilines is 1. The second-order valence-corrected chi connectivity index (χ2v) is 6.65. The molecule has 3 heterocycles. The van der Waals surface area contributed by atoms with Crippen molar-refractivity contribution in [1.29, 1.82) is 0 Å². The first-order valence-corrected chi connectivity index (χ1v) is 8.88. The summed E-state index contributed by atoms with van der Waals surface area (Å²) in [5, 5.41) is 4.33. The largest absolute Gasteiger partial charge is 0.354 e. The summed E-state index contributed by atoms with van der Waals surface area (Å²) in [5.41, 5.74) is 1.10. The third-order valence-electron chi connectivity index (χ3n) is 4.53. The highest BCUT2D eigenvalue weighted by Gasteiger charge is 2.22. The van der Waals surface area contributed by atoms with Gasteiger partial charge in [-0.25, -0.2) is 0 Å². The smallest absolute Gasteiger partial charge is 0.240 e. The minimum Gasteiger partial charge on any atom is -0.354 e. The minimum absolute atomic E-state index is 0.0742. The molecule has 2 aromatic heterocycles. The average molecular weight is 341 g/mol. The summed E-state index contributed by atoms with van der Waals surface area (Å²) in [4.78, 5) is 14.6. The van der Waals surface area contributed by atoms with Crippen molar-refractivity contribution in [2.75, 3.05) is 18.0 Å². The fraction of sp³-hybridized carbons (Fsp3) is 0.353. The van der Waals surface area contributed by atoms with E-state index in [0.29, 0.717) is 6.54 Å². The number of nitrogens with one attached hydrogen (secondary N) is 1. The molecule has 24 heavy (non-hydrogen) atoms. The van der Waals surface area contributed by atoms with Gasteiger partial charge in [0.1, 0.15) is 6.54 Å². The lowest BCUT2D eigenvalue weighted by Gasteiger charge is -2.32. The fourth-order valence-corrected chi connectivity index (χ4v) is 3.69. The van der Waals surface area contributed by atoms with E-state index < -0.39 is 0 Å². The Morgan fingerprint density at radius 1 is 1.25 bits per heavy atom. The number of amides is 1. The van der Waals surface area contributed by atoms with Gasteiger partial charge in [-0.05, 0) is 30.4 Å². The van der Waals surface area contributed by atoms with Crippen LogP contribution >= 0.6 is 11.7 Å². The summed E-state index contributed by atoms with van der Waals surface area (Å²) in [6.45, 7) is 2.18. The molecule has 0 aliphatic carbocycles. The molecule has 1 N–H and O–H groups in total. The summed E-state index contributed by atoms with van der Waals surface area (Å²) in [6, 6.07) is 10.4. The maximum atomic E-state index is 12.4. The Hall–Kier alpha value is -2.41. The van der Waals surface area contributed by atoms with E-state index in [9.17, 15) is 4.79 Å². The second kappa shape index (κ2) is 6.60. The number of hydrogen-bond acceptors (Lipinski definition) is 5. The zero-order valence-electron chi connectivity index (χ0n) is 13.3. The van der Waals surface area contributed by atoms with Gasteiger partial charge in [0.15, 0.2) is 5.82 Å². The molecule has 1 aliphatic heterocycles. The number of fused-ring (bicyclic) bond motifs is 1. The van der Waals surface area contributed by atoms with E-state index in [0.717, 1.165) is 42.7 Å². The van der Waals surface area contributed by atoms with Crippen LogP contribution in [0.1, 0.15) is 12.8 Å². The predicted molar refractivity (Wildman–Crippen MR) is 95.2 cm³/mol. The molecular formula is C17H19N5OS. The van der Waals surface area contributed by atoms with Crippen LogP contribution in [0, 0.1) is 0 Å². The van der Waals surface area contributed by atoms with Crippen LogP contribution < -0.4 is 10.2 Å². The predicted octanol–water partition coefficient (Wildman–Crippen LogP) is 2.28. The molecular weight excluding hydrogens is 322 g/mol. The van der Waals surface area contributed by atoms with Crippen LogP contribution in [-0.2, 0) is 11.3 Å². The van der Waals surface area contributed by atoms with Gasteiger partial charge in [0.05, 0.1) is 17.9 Å². The molecule has 0 spiro atoms. The molecule has 3 aromatic rings. The maximum Gasteiger partial charge on any atom is 0.240 e. The summed E-state index contributed by atoms with van der Waals surface area (Å²) in [6.07, 6.45) is 5.66. The number of benzene rings is 1. The van der Waals surface area contributed by atoms with E-state index in [1.807, 2.05) is 35.0 Å². The Kier molecular flexibility index (Phi) is 4.17. The van der Waals surface area contributed by atoms with Gasteiger partial charge in [-0.1, -0.05) is 18.2 Å². The highest BCUT2D eigenvalue weighted by molar-refractivity contribution is 6.99. The fourth-order valence-electron chi connectivity index (χ4n) is 3.26. The first-order chi connectivity index (χ1) is 11.8. The normalized spacial score (nSPS) is 15.8. The third kappa shape index (κ3) is 3.12. The van der Waals surface area contributed by atoms with Crippen LogP contribution in [0.5, 0.6) is 0 Å². The van der Waals surface area contributed by atoms with Crippen LogP contribution in [0.3, 0.4) is 0 Å². The number of piperidine rings is 1. The van der Waals surface area contributed by atoms with Gasteiger partial charge >= 0.3 is 0 Å². The zero-order chi connectivity index (χ0) is 16.4. The van der Waals surface area contributed by atoms with Crippen LogP contribution in [-0.4, -0.2) is 38.4 Å². The van der Waals surface area contributed by atoms with E-state index in [-0.39, 0.29) is 11.9 Å². The molecule has 7 heteroatoms. The topological polar surface area (TPSA) is 63.1 Å². The van der Waals surface area contributed by atoms with Crippen molar-refractivity contribution in [3.8, 4) is 0 Å². The molecule has 1 aromatic carbocycles. The Bertz CT molecular complexity index is 821. The average Bonchev–Trinajstić information content (AvgIpc) is 3.26. The van der Waals surface area contributed by atoms with Crippen molar-refractivity contribution in [2.24, 2.45) is 0 Å². The first kappa shape index (κ1) is 15.1. The minimum atomic E-state index is 0.0742. The number of carbonyl (C=O) groups excluding carboxylic acids is 1. The van der Waals surface area contributed by atoms with Crippen LogP contribution in [0.4, 0.5) is 5.82 Å². The number of para-hydroxylation sites is 1. The zero-order valence-corrected chi connectivity index (χ0v) is 14.1. The Morgan fingerprint density at radius 3 is 2.88 bits per heavy atom. The van der Waals surface area contributed by atoms with Crippen molar-refractivity contribution in [1.82, 2.24) is 18.6 Å². The van der Waals surface area contributed by atoms with Crippen molar-refractivity contribution in [3.63, 3.8) is 0 Å². The molecule has 0 saturated carbocycles. The van der Waals surface area contributed by atoms with Gasteiger partial charge in [0.2, 0.25) is 5.91 Å². The van der Waals surface area contributed by atoms with Crippen LogP contribution in [0.15, 0.2) is 42.7 Å². The van der Waals surface area contributed by atoms with Gasteiger partial charge in [-0.15, -0.1) is 0 Å². The molecule has 1 saturated heterocycles. The second-order valence-electron chi connectivity index (χ2n) is 6.10. The molecule has 0 bridgehead atoms. The van der Waals surface area contributed by atoms with E-state index in [1.54, 1.807) is 6.20 Å². The Labute approximate surface area is 144 Å². The molecule has 1 fully saturated rings. The van der Waals surface area contributed by atoms with Gasteiger partial charge in [0, 0.05) is 30.8 Å². The monoisotopic (exact) mass is 341 g/mol. The first-order valence-electron chi connectivity index (χ1n) is 8.15. The molecule has 0 atom stereocenters. The summed E-state index contributed by atoms with van der Waals surface area (Å²) in [5.74, 6) is 1.02. The standard InChI is InChI=1S/C17H19N5OS/c23-17(12-22-8-5-13-3-1-2-4-15(13)22)19-14-6-9-21(10-7-14)16-11-18-24-20-16/h1-5,8,11,14H,6-7,9-10,12H2,(H,19,23). The Morgan fingerprint density at radius 2 is 2.08 bits per heavy atom. The van der Waals surface area contributed by atoms with E-state index in [4.69, 9.17) is 0 Å². The molecule has 4 rings (SSSR count). The van der Waals surface area contributed by atoms with Crippen molar-refractivity contribution < 1.29 is 4.79 Å². The number of aromatic nitrogens is 3. The van der Waals surface area contributed by atoms with Crippen molar-refractivity contribution in [2.45, 2.75) is 25.4 Å². The summed E-state index contributed by atoms with van der Waals surface area (Å²) >= 11 is 1.23. The van der Waals surface area contributed by atoms with Crippen molar-refractivity contribution >= 4 is 34.4 Å². The Balaban J connectivity index is 1.32. The van der Waals surface area contributed by atoms with Crippen LogP contribution in [0.25, 0.3) is 10.9 Å². The highest BCUT2D eigenvalue weighted by atomic mass is 32.1.